The van der Waals surface area contributed by atoms with Crippen LogP contribution in [0.15, 0.2) is 45.5 Å². The van der Waals surface area contributed by atoms with E-state index in [-0.39, 0.29) is 24.0 Å². The van der Waals surface area contributed by atoms with Crippen LogP contribution in [-0.2, 0) is 6.54 Å². The lowest BCUT2D eigenvalue weighted by atomic mass is 10.2. The summed E-state index contributed by atoms with van der Waals surface area (Å²) in [4.78, 5) is 11.6. The van der Waals surface area contributed by atoms with Crippen LogP contribution in [0.4, 0.5) is 4.39 Å². The van der Waals surface area contributed by atoms with E-state index in [1.807, 2.05) is 0 Å². The first-order chi connectivity index (χ1) is 8.16. The molecule has 0 saturated heterocycles. The Morgan fingerprint density at radius 3 is 2.71 bits per heavy atom. The fourth-order valence-corrected chi connectivity index (χ4v) is 1.65. The molecule has 2 rings (SSSR count). The number of rotatable bonds is 3. The lowest BCUT2D eigenvalue weighted by molar-refractivity contribution is 0.0921. The number of carbonyl (C=O) groups excluding carboxylic acids is 1. The van der Waals surface area contributed by atoms with Crippen molar-refractivity contribution < 1.29 is 13.6 Å². The Balaban J connectivity index is 1.99. The van der Waals surface area contributed by atoms with Gasteiger partial charge in [0.15, 0.2) is 10.4 Å². The molecule has 0 atom stereocenters. The zero-order valence-corrected chi connectivity index (χ0v) is 10.3. The van der Waals surface area contributed by atoms with Gasteiger partial charge in [-0.3, -0.25) is 4.79 Å². The number of amides is 1. The molecular formula is C12H9BrFNO2. The number of nitrogens with one attached hydrogen (secondary N) is 1. The second kappa shape index (κ2) is 5.14. The highest BCUT2D eigenvalue weighted by Crippen LogP contribution is 2.14. The van der Waals surface area contributed by atoms with Crippen molar-refractivity contribution in [3.8, 4) is 0 Å². The SMILES string of the molecule is O=C(NCc1ccccc1F)c1ccc(Br)o1. The van der Waals surface area contributed by atoms with E-state index < -0.39 is 0 Å². The standard InChI is InChI=1S/C12H9BrFNO2/c13-11-6-5-10(17-11)12(16)15-7-8-3-1-2-4-9(8)14/h1-6H,7H2,(H,15,16). The van der Waals surface area contributed by atoms with Gasteiger partial charge in [0.2, 0.25) is 0 Å². The first kappa shape index (κ1) is 11.9. The van der Waals surface area contributed by atoms with Crippen molar-refractivity contribution >= 4 is 21.8 Å². The summed E-state index contributed by atoms with van der Waals surface area (Å²) >= 11 is 3.10. The maximum absolute atomic E-state index is 13.3. The van der Waals surface area contributed by atoms with Gasteiger partial charge >= 0.3 is 0 Å². The summed E-state index contributed by atoms with van der Waals surface area (Å²) in [5, 5.41) is 2.58. The third-order valence-corrected chi connectivity index (χ3v) is 2.62. The van der Waals surface area contributed by atoms with Crippen LogP contribution in [0.1, 0.15) is 16.1 Å². The molecule has 0 saturated carbocycles. The molecule has 0 aliphatic rings. The van der Waals surface area contributed by atoms with E-state index in [0.29, 0.717) is 10.2 Å². The first-order valence-electron chi connectivity index (χ1n) is 4.94. The van der Waals surface area contributed by atoms with E-state index in [0.717, 1.165) is 0 Å². The number of hydrogen-bond donors (Lipinski definition) is 1. The van der Waals surface area contributed by atoms with Crippen LogP contribution >= 0.6 is 15.9 Å². The summed E-state index contributed by atoms with van der Waals surface area (Å²) in [7, 11) is 0. The van der Waals surface area contributed by atoms with Gasteiger partial charge in [-0.2, -0.15) is 0 Å². The fourth-order valence-electron chi connectivity index (χ4n) is 1.34. The van der Waals surface area contributed by atoms with Crippen molar-refractivity contribution in [1.82, 2.24) is 5.32 Å². The van der Waals surface area contributed by atoms with Gasteiger partial charge in [-0.1, -0.05) is 18.2 Å². The average molecular weight is 298 g/mol. The third kappa shape index (κ3) is 2.94. The van der Waals surface area contributed by atoms with Crippen molar-refractivity contribution in [3.63, 3.8) is 0 Å². The Morgan fingerprint density at radius 1 is 1.29 bits per heavy atom. The molecule has 1 aromatic heterocycles. The molecule has 2 aromatic rings. The van der Waals surface area contributed by atoms with Gasteiger partial charge in [-0.25, -0.2) is 4.39 Å². The minimum Gasteiger partial charge on any atom is -0.444 e. The molecule has 88 valence electrons. The van der Waals surface area contributed by atoms with Crippen LogP contribution in [0.5, 0.6) is 0 Å². The number of hydrogen-bond acceptors (Lipinski definition) is 2. The van der Waals surface area contributed by atoms with Gasteiger partial charge < -0.3 is 9.73 Å². The molecule has 3 nitrogen and oxygen atoms in total. The van der Waals surface area contributed by atoms with Gasteiger partial charge in [-0.15, -0.1) is 0 Å². The van der Waals surface area contributed by atoms with Gasteiger partial charge in [0.1, 0.15) is 5.82 Å². The van der Waals surface area contributed by atoms with Crippen molar-refractivity contribution in [3.05, 3.63) is 58.2 Å². The molecule has 1 heterocycles. The summed E-state index contributed by atoms with van der Waals surface area (Å²) in [6, 6.07) is 9.45. The Labute approximate surface area is 106 Å². The van der Waals surface area contributed by atoms with Crippen LogP contribution in [-0.4, -0.2) is 5.91 Å². The fraction of sp³-hybridized carbons (Fsp3) is 0.0833. The molecule has 0 unspecified atom stereocenters. The first-order valence-corrected chi connectivity index (χ1v) is 5.73. The Bertz CT molecular complexity index is 539. The van der Waals surface area contributed by atoms with Crippen molar-refractivity contribution in [1.29, 1.82) is 0 Å². The molecule has 5 heteroatoms. The molecule has 0 aliphatic heterocycles. The number of halogens is 2. The molecule has 1 N–H and O–H groups in total. The number of benzene rings is 1. The Hall–Kier alpha value is -1.62. The zero-order valence-electron chi connectivity index (χ0n) is 8.74. The molecule has 0 bridgehead atoms. The van der Waals surface area contributed by atoms with Gasteiger partial charge in [0.05, 0.1) is 0 Å². The monoisotopic (exact) mass is 297 g/mol. The normalized spacial score (nSPS) is 10.2. The maximum Gasteiger partial charge on any atom is 0.287 e. The van der Waals surface area contributed by atoms with E-state index in [1.54, 1.807) is 30.3 Å². The highest BCUT2D eigenvalue weighted by Gasteiger charge is 2.10. The van der Waals surface area contributed by atoms with Crippen molar-refractivity contribution in [2.24, 2.45) is 0 Å². The lowest BCUT2D eigenvalue weighted by Crippen LogP contribution is -2.22. The summed E-state index contributed by atoms with van der Waals surface area (Å²) in [5.41, 5.74) is 0.437. The summed E-state index contributed by atoms with van der Waals surface area (Å²) in [5.74, 6) is -0.527. The van der Waals surface area contributed by atoms with Crippen LogP contribution in [0.25, 0.3) is 0 Å². The quantitative estimate of drug-likeness (QED) is 0.946. The van der Waals surface area contributed by atoms with Crippen LogP contribution < -0.4 is 5.32 Å². The minimum atomic E-state index is -0.376. The van der Waals surface area contributed by atoms with Crippen LogP contribution in [0, 0.1) is 5.82 Å². The molecule has 1 aromatic carbocycles. The van der Waals surface area contributed by atoms with Gasteiger partial charge in [0, 0.05) is 12.1 Å². The molecular weight excluding hydrogens is 289 g/mol. The molecule has 0 fully saturated rings. The van der Waals surface area contributed by atoms with E-state index in [1.165, 1.54) is 6.07 Å². The Morgan fingerprint density at radius 2 is 2.06 bits per heavy atom. The zero-order chi connectivity index (χ0) is 12.3. The highest BCUT2D eigenvalue weighted by molar-refractivity contribution is 9.10. The average Bonchev–Trinajstić information content (AvgIpc) is 2.74. The van der Waals surface area contributed by atoms with Crippen LogP contribution in [0.3, 0.4) is 0 Å². The predicted octanol–water partition coefficient (Wildman–Crippen LogP) is 3.11. The Kier molecular flexibility index (Phi) is 3.58. The number of furan rings is 1. The lowest BCUT2D eigenvalue weighted by Gasteiger charge is -2.04. The molecule has 0 radical (unpaired) electrons. The second-order valence-electron chi connectivity index (χ2n) is 3.38. The third-order valence-electron chi connectivity index (χ3n) is 2.19. The minimum absolute atomic E-state index is 0.129. The van der Waals surface area contributed by atoms with Crippen LogP contribution in [0.2, 0.25) is 0 Å². The molecule has 1 amide bonds. The van der Waals surface area contributed by atoms with E-state index in [9.17, 15) is 9.18 Å². The number of carbonyl (C=O) groups is 1. The van der Waals surface area contributed by atoms with E-state index >= 15 is 0 Å². The maximum atomic E-state index is 13.3. The topological polar surface area (TPSA) is 42.2 Å². The predicted molar refractivity (Wildman–Crippen MR) is 64.0 cm³/mol. The molecule has 0 spiro atoms. The molecule has 17 heavy (non-hydrogen) atoms. The van der Waals surface area contributed by atoms with Crippen molar-refractivity contribution in [2.45, 2.75) is 6.54 Å². The second-order valence-corrected chi connectivity index (χ2v) is 4.16. The highest BCUT2D eigenvalue weighted by atomic mass is 79.9. The smallest absolute Gasteiger partial charge is 0.287 e. The summed E-state index contributed by atoms with van der Waals surface area (Å²) < 4.78 is 18.8. The van der Waals surface area contributed by atoms with Gasteiger partial charge in [0.25, 0.3) is 5.91 Å². The summed E-state index contributed by atoms with van der Waals surface area (Å²) in [6.07, 6.45) is 0. The molecule has 0 aliphatic carbocycles. The van der Waals surface area contributed by atoms with E-state index in [2.05, 4.69) is 21.2 Å². The van der Waals surface area contributed by atoms with Gasteiger partial charge in [-0.05, 0) is 34.1 Å². The largest absolute Gasteiger partial charge is 0.444 e. The summed E-state index contributed by atoms with van der Waals surface area (Å²) in [6.45, 7) is 0.129. The van der Waals surface area contributed by atoms with Crippen molar-refractivity contribution in [2.75, 3.05) is 0 Å². The van der Waals surface area contributed by atoms with E-state index in [4.69, 9.17) is 4.42 Å².